The Bertz CT molecular complexity index is 1360. The molecule has 0 spiro atoms. The van der Waals surface area contributed by atoms with E-state index in [2.05, 4.69) is 18.7 Å². The zero-order valence-corrected chi connectivity index (χ0v) is 22.2. The molecule has 0 aliphatic carbocycles. The van der Waals surface area contributed by atoms with E-state index in [0.717, 1.165) is 30.6 Å². The molecule has 3 unspecified atom stereocenters. The molecule has 5 rings (SSSR count). The van der Waals surface area contributed by atoms with Crippen LogP contribution < -0.4 is 4.90 Å². The van der Waals surface area contributed by atoms with Gasteiger partial charge < -0.3 is 4.74 Å². The third-order valence-corrected chi connectivity index (χ3v) is 7.47. The number of piperidine rings is 1. The van der Waals surface area contributed by atoms with Gasteiger partial charge in [0.1, 0.15) is 0 Å². The van der Waals surface area contributed by atoms with Gasteiger partial charge in [-0.15, -0.1) is 0 Å². The van der Waals surface area contributed by atoms with E-state index in [0.29, 0.717) is 23.1 Å². The average molecular weight is 525 g/mol. The maximum absolute atomic E-state index is 13.2. The minimum absolute atomic E-state index is 0.163. The molecule has 7 heteroatoms. The molecule has 7 nitrogen and oxygen atoms in total. The summed E-state index contributed by atoms with van der Waals surface area (Å²) in [6, 6.07) is 22.7. The van der Waals surface area contributed by atoms with Gasteiger partial charge in [0, 0.05) is 18.7 Å². The summed E-state index contributed by atoms with van der Waals surface area (Å²) in [7, 11) is 0. The Kier molecular flexibility index (Phi) is 7.70. The average Bonchev–Trinajstić information content (AvgIpc) is 3.25. The zero-order valence-electron chi connectivity index (χ0n) is 22.2. The van der Waals surface area contributed by atoms with Crippen LogP contribution in [-0.2, 0) is 14.3 Å². The highest BCUT2D eigenvalue weighted by Crippen LogP contribution is 2.30. The number of carbonyl (C=O) groups is 4. The summed E-state index contributed by atoms with van der Waals surface area (Å²) in [6.07, 6.45) is 1.29. The molecular formula is C32H32N2O5. The summed E-state index contributed by atoms with van der Waals surface area (Å²) in [5.41, 5.74) is 3.16. The van der Waals surface area contributed by atoms with Gasteiger partial charge in [-0.25, -0.2) is 9.69 Å². The van der Waals surface area contributed by atoms with Crippen LogP contribution in [0.15, 0.2) is 78.9 Å². The number of imide groups is 1. The fourth-order valence-electron chi connectivity index (χ4n) is 5.66. The normalized spacial score (nSPS) is 21.7. The number of carbonyl (C=O) groups excluding carboxylic acids is 4. The summed E-state index contributed by atoms with van der Waals surface area (Å²) in [5.74, 6) is -0.451. The number of rotatable bonds is 7. The number of anilines is 1. The lowest BCUT2D eigenvalue weighted by Crippen LogP contribution is -2.48. The predicted molar refractivity (Wildman–Crippen MR) is 148 cm³/mol. The minimum Gasteiger partial charge on any atom is -0.454 e. The molecule has 200 valence electrons. The molecule has 2 heterocycles. The van der Waals surface area contributed by atoms with Gasteiger partial charge in [-0.3, -0.25) is 19.3 Å². The Morgan fingerprint density at radius 1 is 0.795 bits per heavy atom. The molecule has 2 amide bonds. The molecule has 2 aliphatic rings. The molecule has 0 N–H and O–H groups in total. The summed E-state index contributed by atoms with van der Waals surface area (Å²) in [4.78, 5) is 54.5. The molecule has 0 radical (unpaired) electrons. The summed E-state index contributed by atoms with van der Waals surface area (Å²) < 4.78 is 5.24. The van der Waals surface area contributed by atoms with Gasteiger partial charge in [0.15, 0.2) is 12.4 Å². The largest absolute Gasteiger partial charge is 0.454 e. The fourth-order valence-corrected chi connectivity index (χ4v) is 5.66. The maximum Gasteiger partial charge on any atom is 0.338 e. The molecule has 2 aliphatic heterocycles. The number of ketones is 1. The number of benzene rings is 3. The van der Waals surface area contributed by atoms with Gasteiger partial charge in [-0.05, 0) is 53.6 Å². The Balaban J connectivity index is 1.18. The topological polar surface area (TPSA) is 84.0 Å². The quantitative estimate of drug-likeness (QED) is 0.246. The SMILES string of the molecule is CC1CC(C)CN(C2CC(=O)N(c3ccc(C(=O)OCC(=O)c4ccc(-c5ccccc5)cc4)cc3)C2=O)C1. The first kappa shape index (κ1) is 26.5. The molecule has 2 saturated heterocycles. The van der Waals surface area contributed by atoms with Crippen LogP contribution in [0.25, 0.3) is 11.1 Å². The van der Waals surface area contributed by atoms with Crippen molar-refractivity contribution in [3.05, 3.63) is 90.0 Å². The van der Waals surface area contributed by atoms with Crippen LogP contribution in [0.1, 0.15) is 47.4 Å². The van der Waals surface area contributed by atoms with Crippen LogP contribution in [0.2, 0.25) is 0 Å². The highest BCUT2D eigenvalue weighted by Gasteiger charge is 2.44. The smallest absolute Gasteiger partial charge is 0.338 e. The van der Waals surface area contributed by atoms with Crippen molar-refractivity contribution in [2.45, 2.75) is 32.7 Å². The van der Waals surface area contributed by atoms with E-state index in [-0.39, 0.29) is 36.2 Å². The van der Waals surface area contributed by atoms with Gasteiger partial charge in [-0.1, -0.05) is 68.4 Å². The molecule has 3 aromatic rings. The summed E-state index contributed by atoms with van der Waals surface area (Å²) in [5, 5.41) is 0. The number of ether oxygens (including phenoxy) is 1. The Labute approximate surface area is 228 Å². The Morgan fingerprint density at radius 3 is 2.03 bits per heavy atom. The highest BCUT2D eigenvalue weighted by molar-refractivity contribution is 6.22. The molecular weight excluding hydrogens is 492 g/mol. The van der Waals surface area contributed by atoms with Crippen molar-refractivity contribution >= 4 is 29.3 Å². The monoisotopic (exact) mass is 524 g/mol. The maximum atomic E-state index is 13.2. The Morgan fingerprint density at radius 2 is 1.38 bits per heavy atom. The second-order valence-corrected chi connectivity index (χ2v) is 10.7. The van der Waals surface area contributed by atoms with Crippen molar-refractivity contribution in [2.24, 2.45) is 11.8 Å². The number of amides is 2. The van der Waals surface area contributed by atoms with E-state index in [9.17, 15) is 19.2 Å². The van der Waals surface area contributed by atoms with Gasteiger partial charge in [0.2, 0.25) is 5.91 Å². The van der Waals surface area contributed by atoms with Crippen molar-refractivity contribution in [2.75, 3.05) is 24.6 Å². The van der Waals surface area contributed by atoms with E-state index in [1.807, 2.05) is 42.5 Å². The third kappa shape index (κ3) is 5.83. The van der Waals surface area contributed by atoms with Gasteiger partial charge in [-0.2, -0.15) is 0 Å². The van der Waals surface area contributed by atoms with Crippen molar-refractivity contribution in [1.82, 2.24) is 4.90 Å². The first-order valence-electron chi connectivity index (χ1n) is 13.4. The first-order chi connectivity index (χ1) is 18.8. The molecule has 3 aromatic carbocycles. The van der Waals surface area contributed by atoms with Crippen molar-refractivity contribution in [3.8, 4) is 11.1 Å². The molecule has 0 saturated carbocycles. The lowest BCUT2D eigenvalue weighted by atomic mass is 9.90. The lowest BCUT2D eigenvalue weighted by molar-refractivity contribution is -0.123. The standard InChI is InChI=1S/C32H32N2O5/c1-21-16-22(2)19-33(18-21)28-17-30(36)34(31(28)37)27-14-12-26(13-15-27)32(38)39-20-29(35)25-10-8-24(9-11-25)23-6-4-3-5-7-23/h3-15,21-22,28H,16-20H2,1-2H3. The van der Waals surface area contributed by atoms with Crippen LogP contribution in [-0.4, -0.2) is 54.2 Å². The highest BCUT2D eigenvalue weighted by atomic mass is 16.5. The van der Waals surface area contributed by atoms with E-state index in [1.165, 1.54) is 17.0 Å². The lowest BCUT2D eigenvalue weighted by Gasteiger charge is -2.37. The third-order valence-electron chi connectivity index (χ3n) is 7.47. The number of esters is 1. The van der Waals surface area contributed by atoms with Crippen LogP contribution in [0.5, 0.6) is 0 Å². The van der Waals surface area contributed by atoms with Crippen molar-refractivity contribution in [3.63, 3.8) is 0 Å². The molecule has 3 atom stereocenters. The molecule has 2 fully saturated rings. The van der Waals surface area contributed by atoms with E-state index < -0.39 is 12.0 Å². The first-order valence-corrected chi connectivity index (χ1v) is 13.4. The number of hydrogen-bond acceptors (Lipinski definition) is 6. The second-order valence-electron chi connectivity index (χ2n) is 10.7. The molecule has 0 bridgehead atoms. The minimum atomic E-state index is -0.649. The molecule has 39 heavy (non-hydrogen) atoms. The number of likely N-dealkylation sites (tertiary alicyclic amines) is 1. The predicted octanol–water partition coefficient (Wildman–Crippen LogP) is 5.00. The van der Waals surface area contributed by atoms with Crippen LogP contribution >= 0.6 is 0 Å². The van der Waals surface area contributed by atoms with Gasteiger partial charge in [0.05, 0.1) is 23.7 Å². The van der Waals surface area contributed by atoms with E-state index >= 15 is 0 Å². The molecule has 0 aromatic heterocycles. The van der Waals surface area contributed by atoms with Gasteiger partial charge in [0.25, 0.3) is 5.91 Å². The number of Topliss-reactive ketones (excluding diaryl/α,β-unsaturated/α-hetero) is 1. The van der Waals surface area contributed by atoms with Crippen LogP contribution in [0.4, 0.5) is 5.69 Å². The van der Waals surface area contributed by atoms with Crippen molar-refractivity contribution < 1.29 is 23.9 Å². The van der Waals surface area contributed by atoms with Crippen LogP contribution in [0.3, 0.4) is 0 Å². The second kappa shape index (κ2) is 11.3. The van der Waals surface area contributed by atoms with Crippen LogP contribution in [0, 0.1) is 11.8 Å². The Hall–Kier alpha value is -4.10. The van der Waals surface area contributed by atoms with Gasteiger partial charge >= 0.3 is 5.97 Å². The zero-order chi connectivity index (χ0) is 27.5. The summed E-state index contributed by atoms with van der Waals surface area (Å²) >= 11 is 0. The van der Waals surface area contributed by atoms with E-state index in [4.69, 9.17) is 4.74 Å². The number of nitrogens with zero attached hydrogens (tertiary/aromatic N) is 2. The summed E-state index contributed by atoms with van der Waals surface area (Å²) in [6.45, 7) is 5.58. The number of hydrogen-bond donors (Lipinski definition) is 0. The van der Waals surface area contributed by atoms with E-state index in [1.54, 1.807) is 24.3 Å². The van der Waals surface area contributed by atoms with Crippen molar-refractivity contribution in [1.29, 1.82) is 0 Å². The fraction of sp³-hybridized carbons (Fsp3) is 0.312.